The first-order valence-electron chi connectivity index (χ1n) is 7.88. The van der Waals surface area contributed by atoms with Gasteiger partial charge in [-0.3, -0.25) is 4.79 Å². The van der Waals surface area contributed by atoms with Crippen molar-refractivity contribution in [1.82, 2.24) is 5.32 Å². The van der Waals surface area contributed by atoms with E-state index in [1.807, 2.05) is 31.2 Å². The molecule has 0 aromatic heterocycles. The van der Waals surface area contributed by atoms with Crippen molar-refractivity contribution in [3.05, 3.63) is 65.5 Å². The van der Waals surface area contributed by atoms with Gasteiger partial charge in [-0.05, 0) is 41.8 Å². The quantitative estimate of drug-likeness (QED) is 0.772. The van der Waals surface area contributed by atoms with Gasteiger partial charge < -0.3 is 10.1 Å². The largest absolute Gasteiger partial charge is 0.497 e. The van der Waals surface area contributed by atoms with E-state index in [1.54, 1.807) is 19.2 Å². The molecule has 0 saturated carbocycles. The zero-order valence-electron chi connectivity index (χ0n) is 13.9. The third kappa shape index (κ3) is 5.57. The molecule has 2 rings (SSSR count). The van der Waals surface area contributed by atoms with Crippen LogP contribution >= 0.6 is 11.8 Å². The Morgan fingerprint density at radius 3 is 2.42 bits per heavy atom. The summed E-state index contributed by atoms with van der Waals surface area (Å²) in [7, 11) is 1.63. The minimum Gasteiger partial charge on any atom is -0.497 e. The lowest BCUT2D eigenvalue weighted by atomic mass is 10.0. The molecule has 3 nitrogen and oxygen atoms in total. The van der Waals surface area contributed by atoms with Gasteiger partial charge in [0.15, 0.2) is 0 Å². The third-order valence-corrected chi connectivity index (χ3v) is 4.68. The lowest BCUT2D eigenvalue weighted by Crippen LogP contribution is -2.29. The van der Waals surface area contributed by atoms with Gasteiger partial charge in [0, 0.05) is 5.75 Å². The Kier molecular flexibility index (Phi) is 7.12. The SMILES string of the molecule is CC[C@H](NC(=O)CSCc1ccc(F)cc1)c1ccc(OC)cc1. The average Bonchev–Trinajstić information content (AvgIpc) is 2.61. The summed E-state index contributed by atoms with van der Waals surface area (Å²) < 4.78 is 18.0. The summed E-state index contributed by atoms with van der Waals surface area (Å²) in [5, 5.41) is 3.06. The predicted molar refractivity (Wildman–Crippen MR) is 96.7 cm³/mol. The van der Waals surface area contributed by atoms with Crippen molar-refractivity contribution in [2.24, 2.45) is 0 Å². The number of methoxy groups -OCH3 is 1. The van der Waals surface area contributed by atoms with E-state index in [1.165, 1.54) is 23.9 Å². The van der Waals surface area contributed by atoms with Gasteiger partial charge in [-0.15, -0.1) is 11.8 Å². The van der Waals surface area contributed by atoms with E-state index in [9.17, 15) is 9.18 Å². The van der Waals surface area contributed by atoms with Crippen LogP contribution in [0.25, 0.3) is 0 Å². The van der Waals surface area contributed by atoms with Crippen molar-refractivity contribution < 1.29 is 13.9 Å². The molecule has 2 aromatic rings. The average molecular weight is 347 g/mol. The number of halogens is 1. The van der Waals surface area contributed by atoms with E-state index in [0.717, 1.165) is 23.3 Å². The second-order valence-corrected chi connectivity index (χ2v) is 6.41. The molecular weight excluding hydrogens is 325 g/mol. The number of carbonyl (C=O) groups is 1. The molecule has 0 unspecified atom stereocenters. The molecule has 1 atom stereocenters. The van der Waals surface area contributed by atoms with Gasteiger partial charge in [-0.25, -0.2) is 4.39 Å². The fraction of sp³-hybridized carbons (Fsp3) is 0.316. The van der Waals surface area contributed by atoms with Gasteiger partial charge in [0.2, 0.25) is 5.91 Å². The number of nitrogens with one attached hydrogen (secondary N) is 1. The third-order valence-electron chi connectivity index (χ3n) is 3.68. The maximum absolute atomic E-state index is 12.8. The smallest absolute Gasteiger partial charge is 0.230 e. The van der Waals surface area contributed by atoms with E-state index in [2.05, 4.69) is 5.32 Å². The van der Waals surface area contributed by atoms with Gasteiger partial charge in [-0.2, -0.15) is 0 Å². The highest BCUT2D eigenvalue weighted by Crippen LogP contribution is 2.20. The van der Waals surface area contributed by atoms with Crippen LogP contribution in [0.2, 0.25) is 0 Å². The molecule has 2 aromatic carbocycles. The molecule has 0 saturated heterocycles. The summed E-state index contributed by atoms with van der Waals surface area (Å²) in [6, 6.07) is 14.1. The molecule has 128 valence electrons. The molecule has 1 amide bonds. The number of carbonyl (C=O) groups excluding carboxylic acids is 1. The Balaban J connectivity index is 1.81. The monoisotopic (exact) mass is 347 g/mol. The lowest BCUT2D eigenvalue weighted by Gasteiger charge is -2.17. The summed E-state index contributed by atoms with van der Waals surface area (Å²) >= 11 is 1.52. The van der Waals surface area contributed by atoms with Crippen LogP contribution in [0.4, 0.5) is 4.39 Å². The fourth-order valence-corrected chi connectivity index (χ4v) is 3.13. The molecule has 0 aliphatic carbocycles. The van der Waals surface area contributed by atoms with Gasteiger partial charge in [0.1, 0.15) is 11.6 Å². The second-order valence-electron chi connectivity index (χ2n) is 5.42. The standard InChI is InChI=1S/C19H22FNO2S/c1-3-18(15-6-10-17(23-2)11-7-15)21-19(22)13-24-12-14-4-8-16(20)9-5-14/h4-11,18H,3,12-13H2,1-2H3,(H,21,22)/t18-/m0/s1. The highest BCUT2D eigenvalue weighted by atomic mass is 32.2. The number of hydrogen-bond donors (Lipinski definition) is 1. The fourth-order valence-electron chi connectivity index (χ4n) is 2.34. The van der Waals surface area contributed by atoms with Crippen LogP contribution in [-0.2, 0) is 10.5 Å². The number of amides is 1. The molecule has 0 heterocycles. The molecule has 24 heavy (non-hydrogen) atoms. The van der Waals surface area contributed by atoms with Crippen LogP contribution in [0, 0.1) is 5.82 Å². The minimum atomic E-state index is -0.244. The van der Waals surface area contributed by atoms with Gasteiger partial charge in [0.05, 0.1) is 18.9 Å². The molecule has 0 aliphatic rings. The number of thioether (sulfide) groups is 1. The maximum atomic E-state index is 12.8. The Hall–Kier alpha value is -2.01. The normalized spacial score (nSPS) is 11.8. The second kappa shape index (κ2) is 9.33. The molecule has 0 aliphatic heterocycles. The highest BCUT2D eigenvalue weighted by Gasteiger charge is 2.12. The van der Waals surface area contributed by atoms with Gasteiger partial charge in [-0.1, -0.05) is 31.2 Å². The van der Waals surface area contributed by atoms with E-state index >= 15 is 0 Å². The lowest BCUT2D eigenvalue weighted by molar-refractivity contribution is -0.119. The van der Waals surface area contributed by atoms with Gasteiger partial charge in [0.25, 0.3) is 0 Å². The van der Waals surface area contributed by atoms with E-state index in [-0.39, 0.29) is 17.8 Å². The Morgan fingerprint density at radius 2 is 1.83 bits per heavy atom. The van der Waals surface area contributed by atoms with Gasteiger partial charge >= 0.3 is 0 Å². The van der Waals surface area contributed by atoms with Crippen molar-refractivity contribution >= 4 is 17.7 Å². The number of hydrogen-bond acceptors (Lipinski definition) is 3. The number of benzene rings is 2. The predicted octanol–water partition coefficient (Wildman–Crippen LogP) is 4.34. The van der Waals surface area contributed by atoms with Crippen molar-refractivity contribution in [1.29, 1.82) is 0 Å². The minimum absolute atomic E-state index is 0.00443. The Labute approximate surface area is 146 Å². The Bertz CT molecular complexity index is 643. The first kappa shape index (κ1) is 18.3. The van der Waals surface area contributed by atoms with E-state index in [4.69, 9.17) is 4.74 Å². The molecule has 0 spiro atoms. The number of ether oxygens (including phenoxy) is 1. The van der Waals surface area contributed by atoms with E-state index in [0.29, 0.717) is 11.5 Å². The van der Waals surface area contributed by atoms with Crippen LogP contribution in [0.3, 0.4) is 0 Å². The molecule has 0 radical (unpaired) electrons. The highest BCUT2D eigenvalue weighted by molar-refractivity contribution is 7.99. The zero-order valence-corrected chi connectivity index (χ0v) is 14.7. The summed E-state index contributed by atoms with van der Waals surface area (Å²) in [5.41, 5.74) is 2.08. The summed E-state index contributed by atoms with van der Waals surface area (Å²) in [6.45, 7) is 2.04. The topological polar surface area (TPSA) is 38.3 Å². The van der Waals surface area contributed by atoms with Crippen molar-refractivity contribution in [3.8, 4) is 5.75 Å². The molecule has 1 N–H and O–H groups in total. The zero-order chi connectivity index (χ0) is 17.4. The van der Waals surface area contributed by atoms with Crippen LogP contribution in [0.5, 0.6) is 5.75 Å². The van der Waals surface area contributed by atoms with Crippen molar-refractivity contribution in [2.75, 3.05) is 12.9 Å². The van der Waals surface area contributed by atoms with E-state index < -0.39 is 0 Å². The van der Waals surface area contributed by atoms with Crippen molar-refractivity contribution in [2.45, 2.75) is 25.1 Å². The van der Waals surface area contributed by atoms with Crippen LogP contribution in [-0.4, -0.2) is 18.8 Å². The summed E-state index contributed by atoms with van der Waals surface area (Å²) in [6.07, 6.45) is 0.820. The maximum Gasteiger partial charge on any atom is 0.230 e. The molecular formula is C19H22FNO2S. The van der Waals surface area contributed by atoms with Crippen LogP contribution in [0.1, 0.15) is 30.5 Å². The summed E-state index contributed by atoms with van der Waals surface area (Å²) in [5.74, 6) is 1.63. The Morgan fingerprint density at radius 1 is 1.17 bits per heavy atom. The first-order chi connectivity index (χ1) is 11.6. The van der Waals surface area contributed by atoms with Crippen molar-refractivity contribution in [3.63, 3.8) is 0 Å². The molecule has 0 bridgehead atoms. The summed E-state index contributed by atoms with van der Waals surface area (Å²) in [4.78, 5) is 12.1. The molecule has 5 heteroatoms. The molecule has 0 fully saturated rings. The van der Waals surface area contributed by atoms with Crippen LogP contribution in [0.15, 0.2) is 48.5 Å². The first-order valence-corrected chi connectivity index (χ1v) is 9.03. The number of rotatable bonds is 8. The van der Waals surface area contributed by atoms with Crippen LogP contribution < -0.4 is 10.1 Å².